The van der Waals surface area contributed by atoms with Crippen LogP contribution in [0.1, 0.15) is 12.8 Å². The van der Waals surface area contributed by atoms with E-state index in [1.54, 1.807) is 0 Å². The molecule has 11 heavy (non-hydrogen) atoms. The van der Waals surface area contributed by atoms with Crippen molar-refractivity contribution in [2.75, 3.05) is 20.6 Å². The zero-order valence-electron chi connectivity index (χ0n) is 7.21. The van der Waals surface area contributed by atoms with Gasteiger partial charge in [-0.1, -0.05) is 0 Å². The molecular weight excluding hydrogens is 140 g/mol. The highest BCUT2D eigenvalue weighted by molar-refractivity contribution is 5.88. The number of nitrogens with zero attached hydrogens (tertiary/aromatic N) is 1. The van der Waals surface area contributed by atoms with Crippen LogP contribution >= 0.6 is 0 Å². The number of ketones is 1. The van der Waals surface area contributed by atoms with Gasteiger partial charge in [-0.15, -0.1) is 0 Å². The summed E-state index contributed by atoms with van der Waals surface area (Å²) >= 11 is 0. The molecule has 1 aliphatic rings. The number of rotatable bonds is 4. The second-order valence-corrected chi connectivity index (χ2v) is 3.55. The Hall–Kier alpha value is -0.410. The zero-order chi connectivity index (χ0) is 8.43. The lowest BCUT2D eigenvalue weighted by atomic mass is 10.1. The number of carbonyl (C=O) groups is 1. The summed E-state index contributed by atoms with van der Waals surface area (Å²) < 4.78 is 0. The van der Waals surface area contributed by atoms with E-state index in [0.717, 1.165) is 12.8 Å². The quantitative estimate of drug-likeness (QED) is 0.616. The minimum atomic E-state index is -0.266. The molecule has 1 unspecified atom stereocenters. The van der Waals surface area contributed by atoms with Crippen LogP contribution in [0.25, 0.3) is 0 Å². The Bertz CT molecular complexity index is 152. The number of hydrogen-bond acceptors (Lipinski definition) is 3. The van der Waals surface area contributed by atoms with Crippen molar-refractivity contribution in [3.8, 4) is 0 Å². The second-order valence-electron chi connectivity index (χ2n) is 3.55. The SMILES string of the molecule is CN(C)CC(N)C(=O)C1CC1. The monoisotopic (exact) mass is 156 g/mol. The lowest BCUT2D eigenvalue weighted by Gasteiger charge is -2.15. The number of likely N-dealkylation sites (N-methyl/N-ethyl adjacent to an activating group) is 1. The first kappa shape index (κ1) is 8.68. The summed E-state index contributed by atoms with van der Waals surface area (Å²) in [6, 6.07) is -0.266. The Kier molecular flexibility index (Phi) is 2.62. The first-order valence-electron chi connectivity index (χ1n) is 4.05. The van der Waals surface area contributed by atoms with E-state index in [4.69, 9.17) is 5.73 Å². The van der Waals surface area contributed by atoms with Crippen molar-refractivity contribution in [2.45, 2.75) is 18.9 Å². The molecule has 1 saturated carbocycles. The molecule has 0 aromatic heterocycles. The highest BCUT2D eigenvalue weighted by Crippen LogP contribution is 2.30. The largest absolute Gasteiger partial charge is 0.320 e. The Morgan fingerprint density at radius 1 is 1.64 bits per heavy atom. The van der Waals surface area contributed by atoms with Gasteiger partial charge in [-0.2, -0.15) is 0 Å². The van der Waals surface area contributed by atoms with E-state index in [9.17, 15) is 4.79 Å². The van der Waals surface area contributed by atoms with E-state index in [0.29, 0.717) is 12.5 Å². The predicted octanol–water partition coefficient (Wildman–Crippen LogP) is -0.146. The molecule has 1 rings (SSSR count). The van der Waals surface area contributed by atoms with Crippen molar-refractivity contribution < 1.29 is 4.79 Å². The third-order valence-corrected chi connectivity index (χ3v) is 1.91. The maximum atomic E-state index is 11.3. The van der Waals surface area contributed by atoms with Crippen LogP contribution in [0.4, 0.5) is 0 Å². The van der Waals surface area contributed by atoms with Crippen molar-refractivity contribution >= 4 is 5.78 Å². The highest BCUT2D eigenvalue weighted by Gasteiger charge is 2.32. The Morgan fingerprint density at radius 2 is 2.18 bits per heavy atom. The van der Waals surface area contributed by atoms with Gasteiger partial charge in [-0.05, 0) is 26.9 Å². The fourth-order valence-corrected chi connectivity index (χ4v) is 1.15. The van der Waals surface area contributed by atoms with Crippen LogP contribution in [0, 0.1) is 5.92 Å². The summed E-state index contributed by atoms with van der Waals surface area (Å²) in [7, 11) is 3.86. The summed E-state index contributed by atoms with van der Waals surface area (Å²) in [5, 5.41) is 0. The van der Waals surface area contributed by atoms with Gasteiger partial charge in [0.05, 0.1) is 6.04 Å². The summed E-state index contributed by atoms with van der Waals surface area (Å²) in [6.07, 6.45) is 2.11. The molecule has 1 fully saturated rings. The van der Waals surface area contributed by atoms with Gasteiger partial charge in [-0.25, -0.2) is 0 Å². The first-order valence-corrected chi connectivity index (χ1v) is 4.05. The average molecular weight is 156 g/mol. The van der Waals surface area contributed by atoms with E-state index in [1.165, 1.54) is 0 Å². The Balaban J connectivity index is 2.27. The van der Waals surface area contributed by atoms with Crippen LogP contribution in [0.15, 0.2) is 0 Å². The fourth-order valence-electron chi connectivity index (χ4n) is 1.15. The smallest absolute Gasteiger partial charge is 0.153 e. The van der Waals surface area contributed by atoms with Gasteiger partial charge in [0, 0.05) is 12.5 Å². The maximum Gasteiger partial charge on any atom is 0.153 e. The van der Waals surface area contributed by atoms with Crippen molar-refractivity contribution in [2.24, 2.45) is 11.7 Å². The van der Waals surface area contributed by atoms with Crippen LogP contribution < -0.4 is 5.73 Å². The normalized spacial score (nSPS) is 20.4. The predicted molar refractivity (Wildman–Crippen MR) is 44.3 cm³/mol. The van der Waals surface area contributed by atoms with Crippen molar-refractivity contribution in [1.29, 1.82) is 0 Å². The molecule has 0 aromatic carbocycles. The van der Waals surface area contributed by atoms with Crippen molar-refractivity contribution in [3.63, 3.8) is 0 Å². The van der Waals surface area contributed by atoms with Crippen LogP contribution in [-0.4, -0.2) is 37.4 Å². The van der Waals surface area contributed by atoms with Crippen molar-refractivity contribution in [1.82, 2.24) is 4.90 Å². The topological polar surface area (TPSA) is 46.3 Å². The lowest BCUT2D eigenvalue weighted by molar-refractivity contribution is -0.121. The maximum absolute atomic E-state index is 11.3. The van der Waals surface area contributed by atoms with Gasteiger partial charge >= 0.3 is 0 Å². The molecule has 3 heteroatoms. The number of Topliss-reactive ketones (excluding diaryl/α,β-unsaturated/α-hetero) is 1. The van der Waals surface area contributed by atoms with Gasteiger partial charge in [0.2, 0.25) is 0 Å². The molecule has 0 bridgehead atoms. The standard InChI is InChI=1S/C8H16N2O/c1-10(2)5-7(9)8(11)6-3-4-6/h6-7H,3-5,9H2,1-2H3. The number of nitrogens with two attached hydrogens (primary N) is 1. The van der Waals surface area contributed by atoms with Crippen LogP contribution in [0.3, 0.4) is 0 Å². The van der Waals surface area contributed by atoms with Crippen LogP contribution in [-0.2, 0) is 4.79 Å². The minimum absolute atomic E-state index is 0.249. The molecule has 0 saturated heterocycles. The molecule has 0 spiro atoms. The Morgan fingerprint density at radius 3 is 2.55 bits per heavy atom. The van der Waals surface area contributed by atoms with E-state index >= 15 is 0 Å². The van der Waals surface area contributed by atoms with E-state index in [2.05, 4.69) is 0 Å². The van der Waals surface area contributed by atoms with Gasteiger partial charge in [-0.3, -0.25) is 4.79 Å². The van der Waals surface area contributed by atoms with Crippen LogP contribution in [0.2, 0.25) is 0 Å². The summed E-state index contributed by atoms with van der Waals surface area (Å²) in [5.41, 5.74) is 5.67. The molecule has 0 radical (unpaired) electrons. The zero-order valence-corrected chi connectivity index (χ0v) is 7.21. The average Bonchev–Trinajstić information content (AvgIpc) is 2.65. The molecule has 0 heterocycles. The molecule has 2 N–H and O–H groups in total. The fraction of sp³-hybridized carbons (Fsp3) is 0.875. The van der Waals surface area contributed by atoms with Crippen LogP contribution in [0.5, 0.6) is 0 Å². The van der Waals surface area contributed by atoms with Gasteiger partial charge in [0.15, 0.2) is 5.78 Å². The summed E-state index contributed by atoms with van der Waals surface area (Å²) in [5.74, 6) is 0.545. The molecule has 1 aliphatic carbocycles. The summed E-state index contributed by atoms with van der Waals surface area (Å²) in [4.78, 5) is 13.2. The van der Waals surface area contributed by atoms with E-state index < -0.39 is 0 Å². The number of hydrogen-bond donors (Lipinski definition) is 1. The molecular formula is C8H16N2O. The first-order chi connectivity index (χ1) is 5.11. The molecule has 0 amide bonds. The molecule has 0 aromatic rings. The van der Waals surface area contributed by atoms with Gasteiger partial charge in [0.1, 0.15) is 0 Å². The second kappa shape index (κ2) is 3.32. The third kappa shape index (κ3) is 2.60. The third-order valence-electron chi connectivity index (χ3n) is 1.91. The van der Waals surface area contributed by atoms with E-state index in [1.807, 2.05) is 19.0 Å². The lowest BCUT2D eigenvalue weighted by Crippen LogP contribution is -2.40. The van der Waals surface area contributed by atoms with Gasteiger partial charge in [0.25, 0.3) is 0 Å². The Labute approximate surface area is 67.5 Å². The van der Waals surface area contributed by atoms with E-state index in [-0.39, 0.29) is 11.8 Å². The van der Waals surface area contributed by atoms with Gasteiger partial charge < -0.3 is 10.6 Å². The molecule has 64 valence electrons. The summed E-state index contributed by atoms with van der Waals surface area (Å²) in [6.45, 7) is 0.676. The molecule has 0 aliphatic heterocycles. The molecule has 3 nitrogen and oxygen atoms in total. The highest BCUT2D eigenvalue weighted by atomic mass is 16.1. The minimum Gasteiger partial charge on any atom is -0.320 e. The van der Waals surface area contributed by atoms with Crippen molar-refractivity contribution in [3.05, 3.63) is 0 Å². The molecule has 1 atom stereocenters. The number of carbonyl (C=O) groups excluding carboxylic acids is 1.